The third-order valence-corrected chi connectivity index (χ3v) is 4.17. The Labute approximate surface area is 135 Å². The standard InChI is InChI=1S/C17H21FN4O/c1-2-22-11-13(10-19-22)17(23)20-14-6-5-9-21(12-14)16-8-4-3-7-15(16)18/h3-4,7-8,10-11,14H,2,5-6,9,12H2,1H3,(H,20,23)/t14-/m1/s1. The minimum atomic E-state index is -0.219. The largest absolute Gasteiger partial charge is 0.367 e. The molecule has 3 rings (SSSR count). The first-order chi connectivity index (χ1) is 11.2. The molecule has 2 heterocycles. The molecule has 1 amide bonds. The van der Waals surface area contributed by atoms with Crippen molar-refractivity contribution in [2.75, 3.05) is 18.0 Å². The molecule has 5 nitrogen and oxygen atoms in total. The average molecular weight is 316 g/mol. The highest BCUT2D eigenvalue weighted by Gasteiger charge is 2.23. The Morgan fingerprint density at radius 1 is 1.43 bits per heavy atom. The van der Waals surface area contributed by atoms with Crippen LogP contribution in [-0.4, -0.2) is 34.8 Å². The van der Waals surface area contributed by atoms with Crippen LogP contribution in [0.4, 0.5) is 10.1 Å². The molecule has 0 spiro atoms. The Morgan fingerprint density at radius 3 is 3.00 bits per heavy atom. The molecule has 2 aromatic rings. The van der Waals surface area contributed by atoms with Gasteiger partial charge in [0.1, 0.15) is 5.82 Å². The lowest BCUT2D eigenvalue weighted by atomic mass is 10.0. The van der Waals surface area contributed by atoms with Gasteiger partial charge in [-0.3, -0.25) is 9.48 Å². The van der Waals surface area contributed by atoms with Crippen LogP contribution in [0.5, 0.6) is 0 Å². The maximum Gasteiger partial charge on any atom is 0.254 e. The zero-order chi connectivity index (χ0) is 16.2. The first-order valence-electron chi connectivity index (χ1n) is 8.00. The second kappa shape index (κ2) is 6.81. The maximum absolute atomic E-state index is 13.9. The van der Waals surface area contributed by atoms with Crippen LogP contribution in [0.15, 0.2) is 36.7 Å². The highest BCUT2D eigenvalue weighted by Crippen LogP contribution is 2.23. The van der Waals surface area contributed by atoms with Crippen molar-refractivity contribution in [1.82, 2.24) is 15.1 Å². The fourth-order valence-electron chi connectivity index (χ4n) is 2.94. The lowest BCUT2D eigenvalue weighted by Crippen LogP contribution is -2.48. The highest BCUT2D eigenvalue weighted by molar-refractivity contribution is 5.93. The number of nitrogens with zero attached hydrogens (tertiary/aromatic N) is 3. The van der Waals surface area contributed by atoms with E-state index in [-0.39, 0.29) is 17.8 Å². The van der Waals surface area contributed by atoms with Gasteiger partial charge in [-0.1, -0.05) is 12.1 Å². The number of carbonyl (C=O) groups is 1. The second-order valence-corrected chi connectivity index (χ2v) is 5.79. The molecule has 23 heavy (non-hydrogen) atoms. The normalized spacial score (nSPS) is 18.0. The van der Waals surface area contributed by atoms with Gasteiger partial charge >= 0.3 is 0 Å². The summed E-state index contributed by atoms with van der Waals surface area (Å²) in [6.45, 7) is 4.13. The monoisotopic (exact) mass is 316 g/mol. The van der Waals surface area contributed by atoms with Crippen LogP contribution in [0.3, 0.4) is 0 Å². The summed E-state index contributed by atoms with van der Waals surface area (Å²) < 4.78 is 15.7. The number of nitrogens with one attached hydrogen (secondary N) is 1. The number of amides is 1. The van der Waals surface area contributed by atoms with E-state index in [4.69, 9.17) is 0 Å². The number of halogens is 1. The van der Waals surface area contributed by atoms with Gasteiger partial charge in [0.05, 0.1) is 17.4 Å². The number of aromatic nitrogens is 2. The van der Waals surface area contributed by atoms with Gasteiger partial charge < -0.3 is 10.2 Å². The number of hydrogen-bond donors (Lipinski definition) is 1. The highest BCUT2D eigenvalue weighted by atomic mass is 19.1. The number of hydrogen-bond acceptors (Lipinski definition) is 3. The molecular weight excluding hydrogens is 295 g/mol. The van der Waals surface area contributed by atoms with E-state index >= 15 is 0 Å². The second-order valence-electron chi connectivity index (χ2n) is 5.79. The molecule has 6 heteroatoms. The van der Waals surface area contributed by atoms with Gasteiger partial charge in [0.15, 0.2) is 0 Å². The molecule has 1 aromatic carbocycles. The van der Waals surface area contributed by atoms with Gasteiger partial charge in [-0.15, -0.1) is 0 Å². The van der Waals surface area contributed by atoms with E-state index in [0.29, 0.717) is 17.8 Å². The minimum absolute atomic E-state index is 0.0147. The summed E-state index contributed by atoms with van der Waals surface area (Å²) in [6, 6.07) is 6.79. The quantitative estimate of drug-likeness (QED) is 0.942. The Kier molecular flexibility index (Phi) is 4.60. The summed E-state index contributed by atoms with van der Waals surface area (Å²) in [5.41, 5.74) is 1.17. The lowest BCUT2D eigenvalue weighted by molar-refractivity contribution is 0.0933. The Morgan fingerprint density at radius 2 is 2.26 bits per heavy atom. The van der Waals surface area contributed by atoms with E-state index in [1.54, 1.807) is 29.2 Å². The van der Waals surface area contributed by atoms with Crippen LogP contribution in [0.1, 0.15) is 30.1 Å². The third kappa shape index (κ3) is 3.52. The number of piperidine rings is 1. The molecule has 0 saturated carbocycles. The van der Waals surface area contributed by atoms with Crippen molar-refractivity contribution in [2.45, 2.75) is 32.4 Å². The van der Waals surface area contributed by atoms with Crippen LogP contribution < -0.4 is 10.2 Å². The van der Waals surface area contributed by atoms with Crippen LogP contribution in [0.25, 0.3) is 0 Å². The summed E-state index contributed by atoms with van der Waals surface area (Å²) in [7, 11) is 0. The smallest absolute Gasteiger partial charge is 0.254 e. The number of rotatable bonds is 4. The van der Waals surface area contributed by atoms with Crippen LogP contribution in [0.2, 0.25) is 0 Å². The molecule has 0 aliphatic carbocycles. The van der Waals surface area contributed by atoms with E-state index in [2.05, 4.69) is 10.4 Å². The van der Waals surface area contributed by atoms with E-state index < -0.39 is 0 Å². The number of para-hydroxylation sites is 1. The number of anilines is 1. The minimum Gasteiger partial charge on any atom is -0.367 e. The maximum atomic E-state index is 13.9. The average Bonchev–Trinajstić information content (AvgIpc) is 3.05. The summed E-state index contributed by atoms with van der Waals surface area (Å²) in [6.07, 6.45) is 5.15. The number of benzene rings is 1. The molecule has 1 N–H and O–H groups in total. The van der Waals surface area contributed by atoms with Gasteiger partial charge in [-0.05, 0) is 31.9 Å². The van der Waals surface area contributed by atoms with Crippen molar-refractivity contribution in [3.05, 3.63) is 48.0 Å². The first-order valence-corrected chi connectivity index (χ1v) is 8.00. The molecular formula is C17H21FN4O. The fraction of sp³-hybridized carbons (Fsp3) is 0.412. The molecule has 1 aromatic heterocycles. The van der Waals surface area contributed by atoms with Crippen molar-refractivity contribution in [1.29, 1.82) is 0 Å². The number of aryl methyl sites for hydroxylation is 1. The molecule has 1 atom stereocenters. The van der Waals surface area contributed by atoms with Gasteiger partial charge in [0.25, 0.3) is 5.91 Å². The van der Waals surface area contributed by atoms with Crippen molar-refractivity contribution < 1.29 is 9.18 Å². The molecule has 0 unspecified atom stereocenters. The third-order valence-electron chi connectivity index (χ3n) is 4.17. The van der Waals surface area contributed by atoms with E-state index in [1.807, 2.05) is 17.9 Å². The Hall–Kier alpha value is -2.37. The van der Waals surface area contributed by atoms with E-state index in [0.717, 1.165) is 25.9 Å². The summed E-state index contributed by atoms with van der Waals surface area (Å²) in [4.78, 5) is 14.3. The van der Waals surface area contributed by atoms with Gasteiger partial charge in [0.2, 0.25) is 0 Å². The molecule has 1 saturated heterocycles. The topological polar surface area (TPSA) is 50.2 Å². The van der Waals surface area contributed by atoms with Crippen molar-refractivity contribution in [2.24, 2.45) is 0 Å². The molecule has 1 fully saturated rings. The molecule has 0 radical (unpaired) electrons. The zero-order valence-corrected chi connectivity index (χ0v) is 13.2. The SMILES string of the molecule is CCn1cc(C(=O)N[C@@H]2CCCN(c3ccccc3F)C2)cn1. The predicted molar refractivity (Wildman–Crippen MR) is 87.0 cm³/mol. The molecule has 122 valence electrons. The van der Waals surface area contributed by atoms with E-state index in [9.17, 15) is 9.18 Å². The number of carbonyl (C=O) groups excluding carboxylic acids is 1. The van der Waals surface area contributed by atoms with Gasteiger partial charge in [-0.25, -0.2) is 4.39 Å². The molecule has 0 bridgehead atoms. The van der Waals surface area contributed by atoms with Crippen molar-refractivity contribution >= 4 is 11.6 Å². The molecule has 1 aliphatic rings. The molecule has 1 aliphatic heterocycles. The summed E-state index contributed by atoms with van der Waals surface area (Å²) >= 11 is 0. The van der Waals surface area contributed by atoms with Crippen molar-refractivity contribution in [3.8, 4) is 0 Å². The Bertz CT molecular complexity index is 685. The van der Waals surface area contributed by atoms with Gasteiger partial charge in [0, 0.05) is 31.9 Å². The lowest BCUT2D eigenvalue weighted by Gasteiger charge is -2.34. The zero-order valence-electron chi connectivity index (χ0n) is 13.2. The Balaban J connectivity index is 1.64. The van der Waals surface area contributed by atoms with Crippen LogP contribution in [-0.2, 0) is 6.54 Å². The summed E-state index contributed by atoms with van der Waals surface area (Å²) in [5, 5.41) is 7.15. The van der Waals surface area contributed by atoms with Gasteiger partial charge in [-0.2, -0.15) is 5.10 Å². The van der Waals surface area contributed by atoms with Crippen molar-refractivity contribution in [3.63, 3.8) is 0 Å². The van der Waals surface area contributed by atoms with Crippen LogP contribution >= 0.6 is 0 Å². The summed E-state index contributed by atoms with van der Waals surface area (Å²) in [5.74, 6) is -0.339. The van der Waals surface area contributed by atoms with E-state index in [1.165, 1.54) is 6.07 Å². The fourth-order valence-corrected chi connectivity index (χ4v) is 2.94. The van der Waals surface area contributed by atoms with Crippen LogP contribution in [0, 0.1) is 5.82 Å². The predicted octanol–water partition coefficient (Wildman–Crippen LogP) is 2.44. The first kappa shape index (κ1) is 15.5.